The van der Waals surface area contributed by atoms with Gasteiger partial charge in [-0.25, -0.2) is 9.78 Å². The number of fused-ring (bicyclic) bond motifs is 6. The highest BCUT2D eigenvalue weighted by Crippen LogP contribution is 2.43. The van der Waals surface area contributed by atoms with E-state index in [1.54, 1.807) is 12.1 Å². The van der Waals surface area contributed by atoms with E-state index in [4.69, 9.17) is 36.5 Å². The van der Waals surface area contributed by atoms with Crippen molar-refractivity contribution >= 4 is 22.8 Å². The SMILES string of the molecule is [2H]C([2H])([2H])C([2H])([2H])[C@@]1(O)C(=O)OCc2c1cc1n(c2=O)Cc2c-1nc1cc3c(cc1c2CCCOCNC(=O)CN)OCO3. The molecule has 0 saturated carbocycles. The predicted octanol–water partition coefficient (Wildman–Crippen LogP) is 0.790. The van der Waals surface area contributed by atoms with Gasteiger partial charge < -0.3 is 39.7 Å². The van der Waals surface area contributed by atoms with Crippen LogP contribution in [0.1, 0.15) is 48.8 Å². The molecule has 3 aromatic rings. The molecule has 0 radical (unpaired) electrons. The highest BCUT2D eigenvalue weighted by atomic mass is 16.7. The van der Waals surface area contributed by atoms with Crippen molar-refractivity contribution in [2.45, 2.75) is 44.8 Å². The van der Waals surface area contributed by atoms with Crippen molar-refractivity contribution in [1.82, 2.24) is 14.9 Å². The Hall–Kier alpha value is -4.00. The number of carbonyl (C=O) groups is 2. The highest BCUT2D eigenvalue weighted by Gasteiger charge is 2.45. The molecule has 0 fully saturated rings. The summed E-state index contributed by atoms with van der Waals surface area (Å²) in [5.41, 5.74) is 3.14. The normalized spacial score (nSPS) is 21.1. The van der Waals surface area contributed by atoms with Crippen LogP contribution in [0.25, 0.3) is 22.3 Å². The Labute approximate surface area is 229 Å². The van der Waals surface area contributed by atoms with Gasteiger partial charge in [-0.05, 0) is 36.9 Å². The fourth-order valence-electron chi connectivity index (χ4n) is 5.19. The molecule has 0 aliphatic carbocycles. The van der Waals surface area contributed by atoms with Crippen LogP contribution in [0.4, 0.5) is 0 Å². The third-order valence-corrected chi connectivity index (χ3v) is 7.14. The molecule has 0 saturated heterocycles. The summed E-state index contributed by atoms with van der Waals surface area (Å²) in [5, 5.41) is 14.7. The Morgan fingerprint density at radius 3 is 2.90 bits per heavy atom. The summed E-state index contributed by atoms with van der Waals surface area (Å²) in [4.78, 5) is 42.8. The van der Waals surface area contributed by atoms with E-state index in [9.17, 15) is 19.5 Å². The molecule has 6 rings (SSSR count). The summed E-state index contributed by atoms with van der Waals surface area (Å²) in [7, 11) is 0. The van der Waals surface area contributed by atoms with Gasteiger partial charge in [0, 0.05) is 36.0 Å². The molecule has 1 atom stereocenters. The second-order valence-corrected chi connectivity index (χ2v) is 9.32. The Balaban J connectivity index is 1.46. The van der Waals surface area contributed by atoms with E-state index in [1.165, 1.54) is 10.6 Å². The molecule has 3 aliphatic rings. The number of carbonyl (C=O) groups excluding carboxylic acids is 2. The van der Waals surface area contributed by atoms with Gasteiger partial charge in [-0.1, -0.05) is 6.85 Å². The number of nitrogens with one attached hydrogen (secondary N) is 1. The quantitative estimate of drug-likeness (QED) is 0.165. The highest BCUT2D eigenvalue weighted by molar-refractivity contribution is 5.91. The minimum absolute atomic E-state index is 0.0102. The summed E-state index contributed by atoms with van der Waals surface area (Å²) in [5.74, 6) is -0.859. The molecule has 204 valence electrons. The van der Waals surface area contributed by atoms with Crippen LogP contribution < -0.4 is 26.1 Å². The van der Waals surface area contributed by atoms with Crippen molar-refractivity contribution in [3.63, 3.8) is 0 Å². The number of nitrogens with two attached hydrogens (primary N) is 1. The van der Waals surface area contributed by atoms with Crippen LogP contribution in [0.5, 0.6) is 11.5 Å². The van der Waals surface area contributed by atoms with Gasteiger partial charge in [0.25, 0.3) is 5.56 Å². The van der Waals surface area contributed by atoms with Crippen molar-refractivity contribution in [1.29, 1.82) is 0 Å². The minimum Gasteiger partial charge on any atom is -0.458 e. The number of ether oxygens (including phenoxy) is 4. The smallest absolute Gasteiger partial charge is 0.343 e. The Kier molecular flexibility index (Phi) is 4.93. The molecule has 1 amide bonds. The molecule has 1 aromatic carbocycles. The lowest BCUT2D eigenvalue weighted by molar-refractivity contribution is -0.172. The van der Waals surface area contributed by atoms with Gasteiger partial charge in [0.05, 0.1) is 35.6 Å². The fraction of sp³-hybridized carbons (Fsp3) is 0.407. The second kappa shape index (κ2) is 9.63. The molecule has 0 unspecified atom stereocenters. The second-order valence-electron chi connectivity index (χ2n) is 9.32. The minimum atomic E-state index is -3.50. The molecule has 3 aliphatic heterocycles. The lowest BCUT2D eigenvalue weighted by Crippen LogP contribution is -2.44. The number of benzene rings is 1. The van der Waals surface area contributed by atoms with E-state index < -0.39 is 42.5 Å². The first-order valence-corrected chi connectivity index (χ1v) is 12.3. The molecule has 12 heteroatoms. The van der Waals surface area contributed by atoms with E-state index in [1.807, 2.05) is 0 Å². The van der Waals surface area contributed by atoms with Crippen molar-refractivity contribution in [3.8, 4) is 22.9 Å². The molecule has 12 nitrogen and oxygen atoms in total. The van der Waals surface area contributed by atoms with Gasteiger partial charge in [-0.15, -0.1) is 0 Å². The zero-order valence-electron chi connectivity index (χ0n) is 25.7. The summed E-state index contributed by atoms with van der Waals surface area (Å²) in [6, 6.07) is 4.75. The number of amides is 1. The number of rotatable bonds is 8. The summed E-state index contributed by atoms with van der Waals surface area (Å²) in [6.07, 6.45) is -2.52. The van der Waals surface area contributed by atoms with Gasteiger partial charge in [0.1, 0.15) is 13.3 Å². The van der Waals surface area contributed by atoms with Crippen molar-refractivity contribution in [3.05, 3.63) is 50.8 Å². The summed E-state index contributed by atoms with van der Waals surface area (Å²) < 4.78 is 62.6. The summed E-state index contributed by atoms with van der Waals surface area (Å²) in [6.45, 7) is -3.79. The third kappa shape index (κ3) is 4.03. The maximum Gasteiger partial charge on any atom is 0.343 e. The lowest BCUT2D eigenvalue weighted by Gasteiger charge is -2.31. The number of hydrogen-bond donors (Lipinski definition) is 3. The molecule has 0 spiro atoms. The number of pyridine rings is 2. The number of aromatic nitrogens is 2. The third-order valence-electron chi connectivity index (χ3n) is 7.14. The molecule has 39 heavy (non-hydrogen) atoms. The standard InChI is InChI=1S/C27H28N4O8/c1-2-27(35)18-7-20-24-16(10-31(20)25(33)17(18)11-37-26(27)34)14(4-3-5-36-12-29-23(32)9-28)15-6-21-22(39-13-38-21)8-19(15)30-24/h6-8,35H,2-5,9-13,28H2,1H3,(H,29,32)/t27-/m0/s1/i1D3,2D2. The van der Waals surface area contributed by atoms with Gasteiger partial charge in [0.15, 0.2) is 17.1 Å². The molecular formula is C27H28N4O8. The topological polar surface area (TPSA) is 164 Å². The number of hydrogen-bond acceptors (Lipinski definition) is 10. The van der Waals surface area contributed by atoms with Crippen LogP contribution in [-0.2, 0) is 44.2 Å². The zero-order valence-corrected chi connectivity index (χ0v) is 20.7. The number of nitrogens with zero attached hydrogens (tertiary/aromatic N) is 2. The van der Waals surface area contributed by atoms with E-state index in [-0.39, 0.29) is 50.4 Å². The molecule has 0 bridgehead atoms. The number of esters is 1. The van der Waals surface area contributed by atoms with Crippen LogP contribution in [0.3, 0.4) is 0 Å². The van der Waals surface area contributed by atoms with E-state index in [0.717, 1.165) is 10.9 Å². The average molecular weight is 542 g/mol. The first kappa shape index (κ1) is 20.0. The first-order chi connectivity index (χ1) is 20.8. The monoisotopic (exact) mass is 541 g/mol. The van der Waals surface area contributed by atoms with Crippen LogP contribution in [0.2, 0.25) is 0 Å². The van der Waals surface area contributed by atoms with Crippen LogP contribution in [0.15, 0.2) is 23.0 Å². The fourth-order valence-corrected chi connectivity index (χ4v) is 5.19. The van der Waals surface area contributed by atoms with E-state index >= 15 is 0 Å². The van der Waals surface area contributed by atoms with Crippen LogP contribution in [0, 0.1) is 0 Å². The Bertz CT molecular complexity index is 1780. The lowest BCUT2D eigenvalue weighted by atomic mass is 9.86. The number of aliphatic hydroxyl groups is 1. The summed E-state index contributed by atoms with van der Waals surface area (Å²) >= 11 is 0. The van der Waals surface area contributed by atoms with Gasteiger partial charge in [-0.3, -0.25) is 9.59 Å². The Morgan fingerprint density at radius 1 is 1.28 bits per heavy atom. The van der Waals surface area contributed by atoms with E-state index in [2.05, 4.69) is 5.32 Å². The van der Waals surface area contributed by atoms with Gasteiger partial charge in [0.2, 0.25) is 12.7 Å². The van der Waals surface area contributed by atoms with Crippen molar-refractivity contribution in [2.75, 3.05) is 26.7 Å². The average Bonchev–Trinajstić information content (AvgIpc) is 3.59. The van der Waals surface area contributed by atoms with Crippen LogP contribution in [-0.4, -0.2) is 53.2 Å². The maximum atomic E-state index is 13.8. The van der Waals surface area contributed by atoms with Gasteiger partial charge in [-0.2, -0.15) is 0 Å². The largest absolute Gasteiger partial charge is 0.458 e. The first-order valence-electron chi connectivity index (χ1n) is 14.8. The van der Waals surface area contributed by atoms with E-state index in [0.29, 0.717) is 41.1 Å². The zero-order chi connectivity index (χ0) is 31.6. The molecular weight excluding hydrogens is 508 g/mol. The number of cyclic esters (lactones) is 1. The van der Waals surface area contributed by atoms with Crippen molar-refractivity contribution in [2.24, 2.45) is 5.73 Å². The molecule has 4 N–H and O–H groups in total. The van der Waals surface area contributed by atoms with Crippen LogP contribution >= 0.6 is 0 Å². The molecule has 2 aromatic heterocycles. The molecule has 5 heterocycles. The Morgan fingerprint density at radius 2 is 2.10 bits per heavy atom. The number of aryl methyl sites for hydroxylation is 1. The van der Waals surface area contributed by atoms with Gasteiger partial charge >= 0.3 is 5.97 Å². The predicted molar refractivity (Wildman–Crippen MR) is 137 cm³/mol. The van der Waals surface area contributed by atoms with Crippen molar-refractivity contribution < 1.29 is 40.5 Å². The maximum absolute atomic E-state index is 13.8.